The predicted molar refractivity (Wildman–Crippen MR) is 89.2 cm³/mol. The van der Waals surface area contributed by atoms with Gasteiger partial charge in [0.15, 0.2) is 0 Å². The van der Waals surface area contributed by atoms with Gasteiger partial charge in [0.2, 0.25) is 0 Å². The summed E-state index contributed by atoms with van der Waals surface area (Å²) in [5, 5.41) is 0. The Morgan fingerprint density at radius 1 is 1.13 bits per heavy atom. The number of ether oxygens (including phenoxy) is 1. The van der Waals surface area contributed by atoms with Crippen molar-refractivity contribution in [2.45, 2.75) is 18.7 Å². The normalized spacial score (nSPS) is 11.1. The molecule has 0 spiro atoms. The Labute approximate surface area is 136 Å². The topological polar surface area (TPSA) is 63.7 Å². The molecule has 122 valence electrons. The molecule has 0 aliphatic heterocycles. The van der Waals surface area contributed by atoms with E-state index in [1.54, 1.807) is 50.2 Å². The Kier molecular flexibility index (Phi) is 5.05. The molecule has 23 heavy (non-hydrogen) atoms. The maximum atomic E-state index is 13.0. The van der Waals surface area contributed by atoms with E-state index in [4.69, 9.17) is 0 Å². The molecule has 2 rings (SSSR count). The lowest BCUT2D eigenvalue weighted by molar-refractivity contribution is 0.0600. The zero-order valence-electron chi connectivity index (χ0n) is 13.3. The summed E-state index contributed by atoms with van der Waals surface area (Å²) in [4.78, 5) is 11.8. The number of nitrogens with zero attached hydrogens (tertiary/aromatic N) is 1. The van der Waals surface area contributed by atoms with E-state index in [2.05, 4.69) is 4.74 Å². The molecule has 2 aromatic rings. The number of aryl methyl sites for hydroxylation is 1. The van der Waals surface area contributed by atoms with Crippen molar-refractivity contribution in [3.63, 3.8) is 0 Å². The lowest BCUT2D eigenvalue weighted by Gasteiger charge is -2.24. The van der Waals surface area contributed by atoms with Gasteiger partial charge in [-0.3, -0.25) is 4.31 Å². The third-order valence-corrected chi connectivity index (χ3v) is 5.55. The van der Waals surface area contributed by atoms with E-state index in [9.17, 15) is 13.2 Å². The molecule has 0 fully saturated rings. The number of rotatable bonds is 5. The summed E-state index contributed by atoms with van der Waals surface area (Å²) in [6.07, 6.45) is 0. The van der Waals surface area contributed by atoms with Gasteiger partial charge in [-0.1, -0.05) is 24.3 Å². The van der Waals surface area contributed by atoms with Crippen molar-refractivity contribution in [2.75, 3.05) is 18.0 Å². The minimum atomic E-state index is -3.77. The minimum absolute atomic E-state index is 0.103. The summed E-state index contributed by atoms with van der Waals surface area (Å²) in [6, 6.07) is 13.4. The van der Waals surface area contributed by atoms with Crippen LogP contribution >= 0.6 is 0 Å². The lowest BCUT2D eigenvalue weighted by atomic mass is 10.1. The van der Waals surface area contributed by atoms with Crippen LogP contribution in [0.5, 0.6) is 0 Å². The molecule has 0 bridgehead atoms. The second-order valence-electron chi connectivity index (χ2n) is 4.98. The number of sulfonamides is 1. The fourth-order valence-electron chi connectivity index (χ4n) is 2.33. The summed E-state index contributed by atoms with van der Waals surface area (Å²) < 4.78 is 32.0. The standard InChI is InChI=1S/C17H19NO4S/c1-4-18(15-8-6-5-7-9-15)23(20,21)16-12-14(17(19)22-3)11-10-13(16)2/h5-12H,4H2,1-3H3. The van der Waals surface area contributed by atoms with Crippen molar-refractivity contribution in [3.8, 4) is 0 Å². The molecule has 0 aliphatic carbocycles. The second-order valence-corrected chi connectivity index (χ2v) is 6.81. The average molecular weight is 333 g/mol. The number of methoxy groups -OCH3 is 1. The third kappa shape index (κ3) is 3.37. The van der Waals surface area contributed by atoms with E-state index in [1.165, 1.54) is 17.5 Å². The van der Waals surface area contributed by atoms with Crippen molar-refractivity contribution in [1.29, 1.82) is 0 Å². The van der Waals surface area contributed by atoms with Crippen molar-refractivity contribution in [1.82, 2.24) is 0 Å². The number of hydrogen-bond donors (Lipinski definition) is 0. The smallest absolute Gasteiger partial charge is 0.337 e. The van der Waals surface area contributed by atoms with Gasteiger partial charge in [-0.05, 0) is 43.7 Å². The minimum Gasteiger partial charge on any atom is -0.465 e. The fraction of sp³-hybridized carbons (Fsp3) is 0.235. The maximum absolute atomic E-state index is 13.0. The first-order valence-corrected chi connectivity index (χ1v) is 8.62. The van der Waals surface area contributed by atoms with Crippen LogP contribution < -0.4 is 4.31 Å². The van der Waals surface area contributed by atoms with Crippen LogP contribution in [0.2, 0.25) is 0 Å². The molecule has 0 radical (unpaired) electrons. The van der Waals surface area contributed by atoms with Crippen molar-refractivity contribution in [3.05, 3.63) is 59.7 Å². The summed E-state index contributed by atoms with van der Waals surface area (Å²) in [7, 11) is -2.51. The van der Waals surface area contributed by atoms with Crippen LogP contribution in [-0.2, 0) is 14.8 Å². The van der Waals surface area contributed by atoms with Crippen molar-refractivity contribution < 1.29 is 17.9 Å². The number of anilines is 1. The van der Waals surface area contributed by atoms with Gasteiger partial charge < -0.3 is 4.74 Å². The molecule has 0 saturated carbocycles. The molecular formula is C17H19NO4S. The Bertz CT molecular complexity index is 801. The summed E-state index contributed by atoms with van der Waals surface area (Å²) in [5.74, 6) is -0.566. The maximum Gasteiger partial charge on any atom is 0.337 e. The fourth-order valence-corrected chi connectivity index (χ4v) is 4.05. The van der Waals surface area contributed by atoms with Crippen molar-refractivity contribution >= 4 is 21.7 Å². The molecule has 6 heteroatoms. The Hall–Kier alpha value is -2.34. The molecule has 5 nitrogen and oxygen atoms in total. The molecule has 0 aliphatic rings. The highest BCUT2D eigenvalue weighted by molar-refractivity contribution is 7.92. The molecule has 0 heterocycles. The van der Waals surface area contributed by atoms with E-state index in [0.29, 0.717) is 11.3 Å². The predicted octanol–water partition coefficient (Wildman–Crippen LogP) is 3.00. The van der Waals surface area contributed by atoms with Crippen LogP contribution in [0.15, 0.2) is 53.4 Å². The molecule has 0 amide bonds. The monoisotopic (exact) mass is 333 g/mol. The number of para-hydroxylation sites is 1. The third-order valence-electron chi connectivity index (χ3n) is 3.51. The first-order chi connectivity index (χ1) is 10.9. The van der Waals surface area contributed by atoms with E-state index in [-0.39, 0.29) is 17.0 Å². The zero-order valence-corrected chi connectivity index (χ0v) is 14.1. The van der Waals surface area contributed by atoms with Crippen LogP contribution in [0.25, 0.3) is 0 Å². The van der Waals surface area contributed by atoms with Gasteiger partial charge in [-0.15, -0.1) is 0 Å². The number of benzene rings is 2. The summed E-state index contributed by atoms with van der Waals surface area (Å²) in [5.41, 5.74) is 1.37. The van der Waals surface area contributed by atoms with Gasteiger partial charge in [-0.25, -0.2) is 13.2 Å². The second kappa shape index (κ2) is 6.83. The first-order valence-electron chi connectivity index (χ1n) is 7.18. The van der Waals surface area contributed by atoms with Gasteiger partial charge >= 0.3 is 5.97 Å². The highest BCUT2D eigenvalue weighted by atomic mass is 32.2. The summed E-state index contributed by atoms with van der Waals surface area (Å²) >= 11 is 0. The quantitative estimate of drug-likeness (QED) is 0.789. The van der Waals surface area contributed by atoms with Crippen LogP contribution in [0.3, 0.4) is 0 Å². The molecule has 0 aromatic heterocycles. The van der Waals surface area contributed by atoms with Crippen LogP contribution in [0.4, 0.5) is 5.69 Å². The molecular weight excluding hydrogens is 314 g/mol. The van der Waals surface area contributed by atoms with E-state index < -0.39 is 16.0 Å². The molecule has 0 atom stereocenters. The van der Waals surface area contributed by atoms with E-state index in [1.807, 2.05) is 6.07 Å². The highest BCUT2D eigenvalue weighted by Gasteiger charge is 2.26. The molecule has 0 N–H and O–H groups in total. The van der Waals surface area contributed by atoms with Crippen LogP contribution in [0.1, 0.15) is 22.8 Å². The SMILES string of the molecule is CCN(c1ccccc1)S(=O)(=O)c1cc(C(=O)OC)ccc1C. The van der Waals surface area contributed by atoms with Crippen LogP contribution in [-0.4, -0.2) is 28.0 Å². The molecule has 0 saturated heterocycles. The van der Waals surface area contributed by atoms with E-state index in [0.717, 1.165) is 0 Å². The van der Waals surface area contributed by atoms with Gasteiger partial charge in [0.1, 0.15) is 0 Å². The lowest BCUT2D eigenvalue weighted by Crippen LogP contribution is -2.31. The molecule has 2 aromatic carbocycles. The Morgan fingerprint density at radius 3 is 2.35 bits per heavy atom. The molecule has 0 unspecified atom stereocenters. The van der Waals surface area contributed by atoms with Gasteiger partial charge in [0, 0.05) is 6.54 Å². The van der Waals surface area contributed by atoms with E-state index >= 15 is 0 Å². The highest BCUT2D eigenvalue weighted by Crippen LogP contribution is 2.26. The van der Waals surface area contributed by atoms with Gasteiger partial charge in [0.05, 0.1) is 23.3 Å². The summed E-state index contributed by atoms with van der Waals surface area (Å²) in [6.45, 7) is 3.76. The van der Waals surface area contributed by atoms with Crippen LogP contribution in [0, 0.1) is 6.92 Å². The zero-order chi connectivity index (χ0) is 17.0. The largest absolute Gasteiger partial charge is 0.465 e. The number of carbonyl (C=O) groups excluding carboxylic acids is 1. The van der Waals surface area contributed by atoms with Crippen molar-refractivity contribution in [2.24, 2.45) is 0 Å². The number of hydrogen-bond acceptors (Lipinski definition) is 4. The average Bonchev–Trinajstić information content (AvgIpc) is 2.55. The van der Waals surface area contributed by atoms with Gasteiger partial charge in [-0.2, -0.15) is 0 Å². The Morgan fingerprint density at radius 2 is 1.78 bits per heavy atom. The number of carbonyl (C=O) groups is 1. The first kappa shape index (κ1) is 17.0. The Balaban J connectivity index is 2.56. The number of esters is 1. The van der Waals surface area contributed by atoms with Gasteiger partial charge in [0.25, 0.3) is 10.0 Å².